The highest BCUT2D eigenvalue weighted by Crippen LogP contribution is 2.39. The molecule has 3 nitrogen and oxygen atoms in total. The maximum atomic E-state index is 7.54. The Hall–Kier alpha value is -4.42. The fraction of sp³-hybridized carbons (Fsp3) is 0.0667. The molecule has 5 aromatic rings. The van der Waals surface area contributed by atoms with Gasteiger partial charge in [-0.05, 0) is 54.3 Å². The van der Waals surface area contributed by atoms with Gasteiger partial charge in [-0.15, -0.1) is 0 Å². The van der Waals surface area contributed by atoms with Gasteiger partial charge in [-0.2, -0.15) is 0 Å². The number of hydrogen-bond donors (Lipinski definition) is 0. The molecule has 1 aromatic heterocycles. The molecule has 0 saturated heterocycles. The van der Waals surface area contributed by atoms with Gasteiger partial charge in [0, 0.05) is 29.1 Å². The quantitative estimate of drug-likeness (QED) is 0.267. The van der Waals surface area contributed by atoms with Gasteiger partial charge in [0.15, 0.2) is 5.69 Å². The molecule has 0 unspecified atom stereocenters. The summed E-state index contributed by atoms with van der Waals surface area (Å²) in [5.41, 5.74) is 9.42. The summed E-state index contributed by atoms with van der Waals surface area (Å²) in [7, 11) is 0. The van der Waals surface area contributed by atoms with Crippen LogP contribution in [0.2, 0.25) is 0 Å². The van der Waals surface area contributed by atoms with Crippen LogP contribution in [0.25, 0.3) is 44.2 Å². The summed E-state index contributed by atoms with van der Waals surface area (Å²) in [6, 6.07) is 31.4. The number of nitrogens with zero attached hydrogens (tertiary/aromatic N) is 3. The van der Waals surface area contributed by atoms with Crippen molar-refractivity contribution in [3.8, 4) is 39.3 Å². The Morgan fingerprint density at radius 1 is 0.727 bits per heavy atom. The van der Waals surface area contributed by atoms with Crippen LogP contribution in [-0.4, -0.2) is 9.55 Å². The molecular formula is C30H23N3. The summed E-state index contributed by atoms with van der Waals surface area (Å²) in [6.45, 7) is 11.6. The van der Waals surface area contributed by atoms with E-state index in [1.807, 2.05) is 49.6 Å². The van der Waals surface area contributed by atoms with E-state index in [9.17, 15) is 0 Å². The molecule has 158 valence electrons. The van der Waals surface area contributed by atoms with Crippen LogP contribution in [0.1, 0.15) is 11.1 Å². The Labute approximate surface area is 194 Å². The van der Waals surface area contributed by atoms with Gasteiger partial charge in [-0.3, -0.25) is 4.57 Å². The van der Waals surface area contributed by atoms with Gasteiger partial charge in [0.1, 0.15) is 5.82 Å². The molecule has 33 heavy (non-hydrogen) atoms. The van der Waals surface area contributed by atoms with Gasteiger partial charge >= 0.3 is 0 Å². The summed E-state index contributed by atoms with van der Waals surface area (Å²) in [6.07, 6.45) is 3.84. The Bertz CT molecular complexity index is 1410. The first-order valence-electron chi connectivity index (χ1n) is 10.9. The Balaban J connectivity index is 1.83. The van der Waals surface area contributed by atoms with Crippen molar-refractivity contribution < 1.29 is 0 Å². The minimum Gasteiger partial charge on any atom is -0.299 e. The Kier molecular flexibility index (Phi) is 5.34. The molecule has 0 aliphatic rings. The Morgan fingerprint density at radius 3 is 1.91 bits per heavy atom. The molecule has 0 spiro atoms. The highest BCUT2D eigenvalue weighted by Gasteiger charge is 2.19. The van der Waals surface area contributed by atoms with Crippen LogP contribution in [0.15, 0.2) is 103 Å². The van der Waals surface area contributed by atoms with E-state index in [1.165, 1.54) is 5.56 Å². The minimum absolute atomic E-state index is 0.650. The molecule has 5 rings (SSSR count). The SMILES string of the molecule is [C-]#[N+]c1cc(-c2nccn2-c2c(-c3ccccc3)cc(C)cc2-c2ccccc2)ccc1C. The first kappa shape index (κ1) is 20.5. The predicted molar refractivity (Wildman–Crippen MR) is 136 cm³/mol. The number of benzene rings is 4. The van der Waals surface area contributed by atoms with E-state index >= 15 is 0 Å². The van der Waals surface area contributed by atoms with E-state index in [1.54, 1.807) is 0 Å². The van der Waals surface area contributed by atoms with Crippen molar-refractivity contribution in [2.24, 2.45) is 0 Å². The topological polar surface area (TPSA) is 22.2 Å². The number of aryl methyl sites for hydroxylation is 2. The van der Waals surface area contributed by atoms with Gasteiger partial charge in [-0.25, -0.2) is 9.83 Å². The van der Waals surface area contributed by atoms with Crippen LogP contribution < -0.4 is 0 Å². The fourth-order valence-corrected chi connectivity index (χ4v) is 4.28. The smallest absolute Gasteiger partial charge is 0.190 e. The molecule has 0 amide bonds. The number of imidazole rings is 1. The van der Waals surface area contributed by atoms with E-state index in [0.717, 1.165) is 44.9 Å². The van der Waals surface area contributed by atoms with Gasteiger partial charge < -0.3 is 0 Å². The lowest BCUT2D eigenvalue weighted by atomic mass is 9.93. The second-order valence-corrected chi connectivity index (χ2v) is 8.17. The monoisotopic (exact) mass is 425 g/mol. The normalized spacial score (nSPS) is 10.7. The van der Waals surface area contributed by atoms with Crippen molar-refractivity contribution in [1.29, 1.82) is 0 Å². The third kappa shape index (κ3) is 3.84. The molecule has 0 aliphatic carbocycles. The van der Waals surface area contributed by atoms with Crippen LogP contribution in [0.5, 0.6) is 0 Å². The molecular weight excluding hydrogens is 402 g/mol. The molecule has 1 heterocycles. The van der Waals surface area contributed by atoms with Gasteiger partial charge in [0.05, 0.1) is 12.3 Å². The third-order valence-corrected chi connectivity index (χ3v) is 5.89. The molecule has 4 aromatic carbocycles. The Morgan fingerprint density at radius 2 is 1.33 bits per heavy atom. The number of rotatable bonds is 4. The average Bonchev–Trinajstić information content (AvgIpc) is 3.34. The van der Waals surface area contributed by atoms with E-state index in [-0.39, 0.29) is 0 Å². The lowest BCUT2D eigenvalue weighted by Gasteiger charge is -2.20. The second kappa shape index (κ2) is 8.61. The molecule has 0 fully saturated rings. The maximum Gasteiger partial charge on any atom is 0.190 e. The average molecular weight is 426 g/mol. The van der Waals surface area contributed by atoms with Crippen molar-refractivity contribution in [3.05, 3.63) is 126 Å². The van der Waals surface area contributed by atoms with Crippen molar-refractivity contribution in [2.45, 2.75) is 13.8 Å². The molecule has 0 saturated carbocycles. The summed E-state index contributed by atoms with van der Waals surface area (Å²) in [5, 5.41) is 0. The summed E-state index contributed by atoms with van der Waals surface area (Å²) >= 11 is 0. The van der Waals surface area contributed by atoms with E-state index < -0.39 is 0 Å². The highest BCUT2D eigenvalue weighted by atomic mass is 15.1. The van der Waals surface area contributed by atoms with Crippen molar-refractivity contribution in [3.63, 3.8) is 0 Å². The van der Waals surface area contributed by atoms with Gasteiger partial charge in [-0.1, -0.05) is 72.8 Å². The predicted octanol–water partition coefficient (Wildman–Crippen LogP) is 8.04. The first-order chi connectivity index (χ1) is 16.2. The summed E-state index contributed by atoms with van der Waals surface area (Å²) in [5.74, 6) is 0.818. The molecule has 0 bridgehead atoms. The fourth-order valence-electron chi connectivity index (χ4n) is 4.28. The van der Waals surface area contributed by atoms with E-state index in [2.05, 4.69) is 77.0 Å². The van der Waals surface area contributed by atoms with Crippen LogP contribution in [-0.2, 0) is 0 Å². The second-order valence-electron chi connectivity index (χ2n) is 8.17. The molecule has 0 N–H and O–H groups in total. The molecule has 0 atom stereocenters. The van der Waals surface area contributed by atoms with Crippen LogP contribution in [0.4, 0.5) is 5.69 Å². The van der Waals surface area contributed by atoms with Crippen LogP contribution in [0.3, 0.4) is 0 Å². The van der Waals surface area contributed by atoms with E-state index in [0.29, 0.717) is 5.69 Å². The van der Waals surface area contributed by atoms with Crippen molar-refractivity contribution in [2.75, 3.05) is 0 Å². The summed E-state index contributed by atoms with van der Waals surface area (Å²) < 4.78 is 2.16. The molecule has 3 heteroatoms. The van der Waals surface area contributed by atoms with E-state index in [4.69, 9.17) is 11.6 Å². The van der Waals surface area contributed by atoms with Crippen LogP contribution in [0, 0.1) is 20.4 Å². The molecule has 0 aliphatic heterocycles. The van der Waals surface area contributed by atoms with Crippen molar-refractivity contribution in [1.82, 2.24) is 9.55 Å². The summed E-state index contributed by atoms with van der Waals surface area (Å²) in [4.78, 5) is 8.42. The third-order valence-electron chi connectivity index (χ3n) is 5.89. The first-order valence-corrected chi connectivity index (χ1v) is 10.9. The zero-order valence-electron chi connectivity index (χ0n) is 18.7. The van der Waals surface area contributed by atoms with Crippen LogP contribution >= 0.6 is 0 Å². The van der Waals surface area contributed by atoms with Gasteiger partial charge in [0.2, 0.25) is 0 Å². The lowest BCUT2D eigenvalue weighted by Crippen LogP contribution is -2.03. The minimum atomic E-state index is 0.650. The molecule has 0 radical (unpaired) electrons. The standard InChI is InChI=1S/C30H23N3/c1-21-18-26(23-10-6-4-7-11-23)29(27(19-21)24-12-8-5-9-13-24)33-17-16-32-30(33)25-15-14-22(2)28(20-25)31-3/h4-20H,1-2H3. The number of hydrogen-bond acceptors (Lipinski definition) is 1. The zero-order chi connectivity index (χ0) is 22.8. The number of aromatic nitrogens is 2. The maximum absolute atomic E-state index is 7.54. The zero-order valence-corrected chi connectivity index (χ0v) is 18.7. The van der Waals surface area contributed by atoms with Gasteiger partial charge in [0.25, 0.3) is 0 Å². The van der Waals surface area contributed by atoms with Crippen molar-refractivity contribution >= 4 is 5.69 Å². The highest BCUT2D eigenvalue weighted by molar-refractivity contribution is 5.87. The largest absolute Gasteiger partial charge is 0.299 e. The lowest BCUT2D eigenvalue weighted by molar-refractivity contribution is 1.07.